The summed E-state index contributed by atoms with van der Waals surface area (Å²) in [5, 5.41) is 3.52. The molecular formula is C24H28N2O2. The molecular weight excluding hydrogens is 348 g/mol. The Morgan fingerprint density at radius 2 is 1.50 bits per heavy atom. The molecule has 1 heterocycles. The minimum absolute atomic E-state index is 0.485. The molecule has 3 aromatic rings. The molecule has 0 aliphatic rings. The first-order chi connectivity index (χ1) is 13.7. The molecule has 1 aromatic heterocycles. The van der Waals surface area contributed by atoms with E-state index in [4.69, 9.17) is 9.47 Å². The lowest BCUT2D eigenvalue weighted by Crippen LogP contribution is -2.13. The Bertz CT molecular complexity index is 854. The number of pyridine rings is 1. The van der Waals surface area contributed by atoms with Gasteiger partial charge in [0.15, 0.2) is 0 Å². The Kier molecular flexibility index (Phi) is 7.18. The lowest BCUT2D eigenvalue weighted by Gasteiger charge is -2.14. The number of hydrogen-bond acceptors (Lipinski definition) is 4. The smallest absolute Gasteiger partial charge is 0.130 e. The van der Waals surface area contributed by atoms with Crippen LogP contribution >= 0.6 is 0 Å². The summed E-state index contributed by atoms with van der Waals surface area (Å²) in [6, 6.07) is 18.8. The molecule has 0 spiro atoms. The minimum Gasteiger partial charge on any atom is -0.487 e. The first kappa shape index (κ1) is 20.1. The number of nitrogens with one attached hydrogen (secondary N) is 1. The summed E-state index contributed by atoms with van der Waals surface area (Å²) in [4.78, 5) is 4.31. The highest BCUT2D eigenvalue weighted by Gasteiger charge is 2.07. The summed E-state index contributed by atoms with van der Waals surface area (Å²) in [5.74, 6) is 0.947. The van der Waals surface area contributed by atoms with Crippen molar-refractivity contribution in [1.29, 1.82) is 0 Å². The molecule has 0 aliphatic carbocycles. The third kappa shape index (κ3) is 5.65. The van der Waals surface area contributed by atoms with Gasteiger partial charge in [-0.25, -0.2) is 0 Å². The molecule has 0 radical (unpaired) electrons. The highest BCUT2D eigenvalue weighted by Crippen LogP contribution is 2.25. The first-order valence-corrected chi connectivity index (χ1v) is 9.56. The van der Waals surface area contributed by atoms with Crippen LogP contribution in [0.25, 0.3) is 0 Å². The van der Waals surface area contributed by atoms with E-state index in [1.54, 1.807) is 13.3 Å². The molecule has 28 heavy (non-hydrogen) atoms. The predicted octanol–water partition coefficient (Wildman–Crippen LogP) is 4.71. The molecule has 0 amide bonds. The second-order valence-electron chi connectivity index (χ2n) is 7.02. The maximum Gasteiger partial charge on any atom is 0.130 e. The molecule has 0 unspecified atom stereocenters. The van der Waals surface area contributed by atoms with Crippen LogP contribution in [0.5, 0.6) is 5.75 Å². The molecule has 2 aromatic carbocycles. The van der Waals surface area contributed by atoms with Gasteiger partial charge in [0.1, 0.15) is 12.4 Å². The average Bonchev–Trinajstić information content (AvgIpc) is 2.70. The molecule has 146 valence electrons. The number of rotatable bonds is 9. The van der Waals surface area contributed by atoms with Gasteiger partial charge in [-0.3, -0.25) is 4.98 Å². The van der Waals surface area contributed by atoms with Gasteiger partial charge in [0, 0.05) is 26.4 Å². The Labute approximate surface area is 167 Å². The number of nitrogens with zero attached hydrogens (tertiary/aromatic N) is 1. The van der Waals surface area contributed by atoms with Crippen LogP contribution in [0.4, 0.5) is 0 Å². The fourth-order valence-corrected chi connectivity index (χ4v) is 3.27. The van der Waals surface area contributed by atoms with E-state index < -0.39 is 0 Å². The molecule has 0 bridgehead atoms. The Balaban J connectivity index is 1.54. The van der Waals surface area contributed by atoms with Gasteiger partial charge in [-0.1, -0.05) is 42.5 Å². The third-order valence-corrected chi connectivity index (χ3v) is 4.60. The van der Waals surface area contributed by atoms with Crippen LogP contribution in [0.15, 0.2) is 60.8 Å². The molecule has 4 heteroatoms. The van der Waals surface area contributed by atoms with Gasteiger partial charge in [0.05, 0.1) is 12.3 Å². The Morgan fingerprint density at radius 3 is 2.14 bits per heavy atom. The predicted molar refractivity (Wildman–Crippen MR) is 112 cm³/mol. The summed E-state index contributed by atoms with van der Waals surface area (Å²) in [6.45, 7) is 6.99. The topological polar surface area (TPSA) is 43.4 Å². The average molecular weight is 376 g/mol. The van der Waals surface area contributed by atoms with Crippen molar-refractivity contribution in [2.45, 2.75) is 40.2 Å². The van der Waals surface area contributed by atoms with Crippen molar-refractivity contribution < 1.29 is 9.47 Å². The number of benzene rings is 2. The van der Waals surface area contributed by atoms with E-state index in [-0.39, 0.29) is 0 Å². The monoisotopic (exact) mass is 376 g/mol. The fourth-order valence-electron chi connectivity index (χ4n) is 3.27. The van der Waals surface area contributed by atoms with E-state index in [0.717, 1.165) is 35.7 Å². The van der Waals surface area contributed by atoms with Gasteiger partial charge in [-0.05, 0) is 53.8 Å². The Morgan fingerprint density at radius 1 is 0.821 bits per heavy atom. The summed E-state index contributed by atoms with van der Waals surface area (Å²) in [7, 11) is 1.72. The molecule has 3 rings (SSSR count). The van der Waals surface area contributed by atoms with Crippen LogP contribution in [-0.4, -0.2) is 12.1 Å². The van der Waals surface area contributed by atoms with Crippen molar-refractivity contribution >= 4 is 0 Å². The first-order valence-electron chi connectivity index (χ1n) is 9.56. The van der Waals surface area contributed by atoms with Crippen molar-refractivity contribution in [2.75, 3.05) is 7.11 Å². The molecule has 0 atom stereocenters. The molecule has 4 nitrogen and oxygen atoms in total. The van der Waals surface area contributed by atoms with Crippen molar-refractivity contribution in [1.82, 2.24) is 10.3 Å². The van der Waals surface area contributed by atoms with Crippen molar-refractivity contribution in [2.24, 2.45) is 0 Å². The normalized spacial score (nSPS) is 10.8. The van der Waals surface area contributed by atoms with Crippen molar-refractivity contribution in [3.8, 4) is 5.75 Å². The van der Waals surface area contributed by atoms with Gasteiger partial charge in [-0.2, -0.15) is 0 Å². The van der Waals surface area contributed by atoms with Gasteiger partial charge in [0.2, 0.25) is 0 Å². The molecule has 1 N–H and O–H groups in total. The van der Waals surface area contributed by atoms with Crippen molar-refractivity contribution in [3.05, 3.63) is 94.3 Å². The fraction of sp³-hybridized carbons (Fsp3) is 0.292. The zero-order valence-corrected chi connectivity index (χ0v) is 16.9. The highest BCUT2D eigenvalue weighted by molar-refractivity contribution is 5.43. The molecule has 0 saturated carbocycles. The molecule has 0 fully saturated rings. The van der Waals surface area contributed by atoms with Crippen molar-refractivity contribution in [3.63, 3.8) is 0 Å². The van der Waals surface area contributed by atoms with Crippen LogP contribution in [0.2, 0.25) is 0 Å². The number of ether oxygens (including phenoxy) is 2. The van der Waals surface area contributed by atoms with Gasteiger partial charge in [0.25, 0.3) is 0 Å². The van der Waals surface area contributed by atoms with Gasteiger partial charge < -0.3 is 14.8 Å². The zero-order valence-electron chi connectivity index (χ0n) is 16.9. The van der Waals surface area contributed by atoms with Crippen LogP contribution in [0.3, 0.4) is 0 Å². The maximum absolute atomic E-state index is 6.02. The van der Waals surface area contributed by atoms with E-state index in [1.165, 1.54) is 16.7 Å². The van der Waals surface area contributed by atoms with E-state index in [1.807, 2.05) is 18.2 Å². The lowest BCUT2D eigenvalue weighted by atomic mass is 10.1. The van der Waals surface area contributed by atoms with Crippen LogP contribution in [0.1, 0.15) is 33.5 Å². The highest BCUT2D eigenvalue weighted by atomic mass is 16.5. The summed E-state index contributed by atoms with van der Waals surface area (Å²) >= 11 is 0. The van der Waals surface area contributed by atoms with E-state index in [2.05, 4.69) is 60.5 Å². The summed E-state index contributed by atoms with van der Waals surface area (Å²) in [6.07, 6.45) is 1.79. The summed E-state index contributed by atoms with van der Waals surface area (Å²) < 4.78 is 11.2. The van der Waals surface area contributed by atoms with Crippen LogP contribution in [-0.2, 0) is 31.0 Å². The molecule has 0 aliphatic heterocycles. The number of methoxy groups -OCH3 is 1. The van der Waals surface area contributed by atoms with Crippen LogP contribution in [0, 0.1) is 13.8 Å². The number of hydrogen-bond donors (Lipinski definition) is 1. The SMILES string of the molecule is COCc1ccc(CNCc2cc(C)c(OCc3ccccn3)c(C)c2)cc1. The van der Waals surface area contributed by atoms with Gasteiger partial charge >= 0.3 is 0 Å². The third-order valence-electron chi connectivity index (χ3n) is 4.60. The number of aryl methyl sites for hydroxylation is 2. The second kappa shape index (κ2) is 10.0. The minimum atomic E-state index is 0.485. The largest absolute Gasteiger partial charge is 0.487 e. The number of aromatic nitrogens is 1. The van der Waals surface area contributed by atoms with E-state index >= 15 is 0 Å². The quantitative estimate of drug-likeness (QED) is 0.587. The lowest BCUT2D eigenvalue weighted by molar-refractivity contribution is 0.185. The second-order valence-corrected chi connectivity index (χ2v) is 7.02. The maximum atomic E-state index is 6.02. The van der Waals surface area contributed by atoms with Crippen LogP contribution < -0.4 is 10.1 Å². The zero-order chi connectivity index (χ0) is 19.8. The standard InChI is InChI=1S/C24H28N2O2/c1-18-12-22(15-25-14-20-7-9-21(10-8-20)16-27-3)13-19(2)24(18)28-17-23-6-4-5-11-26-23/h4-13,25H,14-17H2,1-3H3. The summed E-state index contributed by atoms with van der Waals surface area (Å²) in [5.41, 5.74) is 6.95. The van der Waals surface area contributed by atoms with E-state index in [9.17, 15) is 0 Å². The molecule has 0 saturated heterocycles. The Hall–Kier alpha value is -2.69. The van der Waals surface area contributed by atoms with Gasteiger partial charge in [-0.15, -0.1) is 0 Å². The van der Waals surface area contributed by atoms with E-state index in [0.29, 0.717) is 13.2 Å².